The minimum atomic E-state index is 0.124. The molecule has 1 atom stereocenters. The van der Waals surface area contributed by atoms with Crippen LogP contribution in [0.4, 0.5) is 5.69 Å². The Kier molecular flexibility index (Phi) is 7.73. The fourth-order valence-electron chi connectivity index (χ4n) is 3.34. The molecule has 1 N–H and O–H groups in total. The van der Waals surface area contributed by atoms with Crippen molar-refractivity contribution in [3.05, 3.63) is 29.8 Å². The standard InChI is InChI=1S/C20H33N3O/c1-4-6-17(3)15-20(24)21-19-9-7-18(8-10-19)16-23-13-11-22(5-2)12-14-23/h7-10,17H,4-6,11-16H2,1-3H3,(H,21,24). The number of amides is 1. The fraction of sp³-hybridized carbons (Fsp3) is 0.650. The molecule has 1 unspecified atom stereocenters. The zero-order valence-corrected chi connectivity index (χ0v) is 15.6. The van der Waals surface area contributed by atoms with E-state index in [2.05, 4.69) is 48.0 Å². The van der Waals surface area contributed by atoms with Gasteiger partial charge in [-0.3, -0.25) is 9.69 Å². The Balaban J connectivity index is 1.77. The second-order valence-electron chi connectivity index (χ2n) is 7.05. The van der Waals surface area contributed by atoms with Crippen molar-refractivity contribution in [1.82, 2.24) is 9.80 Å². The molecule has 1 saturated heterocycles. The summed E-state index contributed by atoms with van der Waals surface area (Å²) in [6, 6.07) is 8.33. The molecule has 1 aliphatic heterocycles. The summed E-state index contributed by atoms with van der Waals surface area (Å²) in [5.41, 5.74) is 2.22. The molecule has 4 heteroatoms. The molecule has 0 radical (unpaired) electrons. The molecule has 1 aliphatic rings. The molecule has 134 valence electrons. The van der Waals surface area contributed by atoms with Crippen molar-refractivity contribution in [3.8, 4) is 0 Å². The summed E-state index contributed by atoms with van der Waals surface area (Å²) >= 11 is 0. The van der Waals surface area contributed by atoms with Gasteiger partial charge in [-0.15, -0.1) is 0 Å². The minimum absolute atomic E-state index is 0.124. The van der Waals surface area contributed by atoms with Crippen LogP contribution in [0.25, 0.3) is 0 Å². The molecule has 1 aromatic carbocycles. The van der Waals surface area contributed by atoms with Gasteiger partial charge in [-0.2, -0.15) is 0 Å². The van der Waals surface area contributed by atoms with E-state index in [1.807, 2.05) is 12.1 Å². The molecule has 1 aromatic rings. The van der Waals surface area contributed by atoms with Gasteiger partial charge in [0.2, 0.25) is 5.91 Å². The van der Waals surface area contributed by atoms with Gasteiger partial charge >= 0.3 is 0 Å². The molecular weight excluding hydrogens is 298 g/mol. The van der Waals surface area contributed by atoms with Crippen LogP contribution in [0.3, 0.4) is 0 Å². The average Bonchev–Trinajstić information content (AvgIpc) is 2.57. The van der Waals surface area contributed by atoms with Crippen molar-refractivity contribution in [2.45, 2.75) is 46.6 Å². The molecule has 24 heavy (non-hydrogen) atoms. The molecular formula is C20H33N3O. The quantitative estimate of drug-likeness (QED) is 0.791. The van der Waals surface area contributed by atoms with E-state index in [0.29, 0.717) is 12.3 Å². The summed E-state index contributed by atoms with van der Waals surface area (Å²) in [7, 11) is 0. The van der Waals surface area contributed by atoms with Gasteiger partial charge < -0.3 is 10.2 Å². The number of nitrogens with zero attached hydrogens (tertiary/aromatic N) is 2. The van der Waals surface area contributed by atoms with E-state index in [9.17, 15) is 4.79 Å². The Bertz CT molecular complexity index is 492. The first-order valence-electron chi connectivity index (χ1n) is 9.44. The first-order chi connectivity index (χ1) is 11.6. The smallest absolute Gasteiger partial charge is 0.224 e. The van der Waals surface area contributed by atoms with E-state index in [4.69, 9.17) is 0 Å². The van der Waals surface area contributed by atoms with Crippen LogP contribution < -0.4 is 5.32 Å². The largest absolute Gasteiger partial charge is 0.326 e. The second kappa shape index (κ2) is 9.80. The summed E-state index contributed by atoms with van der Waals surface area (Å²) < 4.78 is 0. The molecule has 0 aromatic heterocycles. The second-order valence-corrected chi connectivity index (χ2v) is 7.05. The molecule has 2 rings (SSSR count). The van der Waals surface area contributed by atoms with Crippen LogP contribution in [0.15, 0.2) is 24.3 Å². The van der Waals surface area contributed by atoms with Crippen LogP contribution >= 0.6 is 0 Å². The lowest BCUT2D eigenvalue weighted by Crippen LogP contribution is -2.45. The van der Waals surface area contributed by atoms with E-state index in [0.717, 1.165) is 44.7 Å². The molecule has 4 nitrogen and oxygen atoms in total. The molecule has 0 saturated carbocycles. The predicted molar refractivity (Wildman–Crippen MR) is 101 cm³/mol. The SMILES string of the molecule is CCCC(C)CC(=O)Nc1ccc(CN2CCN(CC)CC2)cc1. The Morgan fingerprint density at radius 1 is 1.08 bits per heavy atom. The lowest BCUT2D eigenvalue weighted by atomic mass is 10.0. The Morgan fingerprint density at radius 2 is 1.71 bits per heavy atom. The van der Waals surface area contributed by atoms with Crippen LogP contribution in [0.1, 0.15) is 45.6 Å². The zero-order valence-electron chi connectivity index (χ0n) is 15.6. The van der Waals surface area contributed by atoms with Crippen molar-refractivity contribution < 1.29 is 4.79 Å². The average molecular weight is 332 g/mol. The van der Waals surface area contributed by atoms with Gasteiger partial charge in [0.25, 0.3) is 0 Å². The van der Waals surface area contributed by atoms with Crippen LogP contribution in [0.2, 0.25) is 0 Å². The number of anilines is 1. The maximum absolute atomic E-state index is 12.0. The summed E-state index contributed by atoms with van der Waals surface area (Å²) in [4.78, 5) is 17.0. The molecule has 1 amide bonds. The maximum atomic E-state index is 12.0. The van der Waals surface area contributed by atoms with E-state index >= 15 is 0 Å². The molecule has 1 heterocycles. The number of hydrogen-bond acceptors (Lipinski definition) is 3. The van der Waals surface area contributed by atoms with Gasteiger partial charge in [0.15, 0.2) is 0 Å². The fourth-order valence-corrected chi connectivity index (χ4v) is 3.34. The van der Waals surface area contributed by atoms with Gasteiger partial charge in [-0.1, -0.05) is 45.7 Å². The number of nitrogens with one attached hydrogen (secondary N) is 1. The van der Waals surface area contributed by atoms with Crippen molar-refractivity contribution in [1.29, 1.82) is 0 Å². The number of rotatable bonds is 8. The third-order valence-corrected chi connectivity index (χ3v) is 4.87. The number of likely N-dealkylation sites (N-methyl/N-ethyl adjacent to an activating group) is 1. The van der Waals surface area contributed by atoms with E-state index in [1.54, 1.807) is 0 Å². The predicted octanol–water partition coefficient (Wildman–Crippen LogP) is 3.59. The van der Waals surface area contributed by atoms with Crippen LogP contribution in [0.5, 0.6) is 0 Å². The zero-order chi connectivity index (χ0) is 17.4. The van der Waals surface area contributed by atoms with E-state index in [1.165, 1.54) is 18.7 Å². The number of benzene rings is 1. The lowest BCUT2D eigenvalue weighted by Gasteiger charge is -2.34. The molecule has 0 bridgehead atoms. The van der Waals surface area contributed by atoms with E-state index in [-0.39, 0.29) is 5.91 Å². The number of piperazine rings is 1. The highest BCUT2D eigenvalue weighted by molar-refractivity contribution is 5.90. The van der Waals surface area contributed by atoms with Crippen molar-refractivity contribution in [2.75, 3.05) is 38.0 Å². The number of carbonyl (C=O) groups is 1. The Morgan fingerprint density at radius 3 is 2.29 bits per heavy atom. The van der Waals surface area contributed by atoms with Gasteiger partial charge in [-0.05, 0) is 30.2 Å². The van der Waals surface area contributed by atoms with Crippen molar-refractivity contribution in [3.63, 3.8) is 0 Å². The number of hydrogen-bond donors (Lipinski definition) is 1. The van der Waals surface area contributed by atoms with Gasteiger partial charge in [0.05, 0.1) is 0 Å². The monoisotopic (exact) mass is 331 g/mol. The Hall–Kier alpha value is -1.39. The van der Waals surface area contributed by atoms with Crippen LogP contribution in [0, 0.1) is 5.92 Å². The highest BCUT2D eigenvalue weighted by atomic mass is 16.1. The maximum Gasteiger partial charge on any atom is 0.224 e. The van der Waals surface area contributed by atoms with Crippen LogP contribution in [-0.2, 0) is 11.3 Å². The first kappa shape index (κ1) is 18.9. The molecule has 0 aliphatic carbocycles. The summed E-state index contributed by atoms with van der Waals surface area (Å²) in [6.07, 6.45) is 2.85. The van der Waals surface area contributed by atoms with Gasteiger partial charge in [0, 0.05) is 44.8 Å². The van der Waals surface area contributed by atoms with Gasteiger partial charge in [-0.25, -0.2) is 0 Å². The van der Waals surface area contributed by atoms with Crippen LogP contribution in [-0.4, -0.2) is 48.4 Å². The van der Waals surface area contributed by atoms with Crippen molar-refractivity contribution in [2.24, 2.45) is 5.92 Å². The molecule has 0 spiro atoms. The minimum Gasteiger partial charge on any atom is -0.326 e. The van der Waals surface area contributed by atoms with Gasteiger partial charge in [0.1, 0.15) is 0 Å². The normalized spacial score (nSPS) is 17.6. The lowest BCUT2D eigenvalue weighted by molar-refractivity contribution is -0.117. The topological polar surface area (TPSA) is 35.6 Å². The number of carbonyl (C=O) groups excluding carboxylic acids is 1. The third-order valence-electron chi connectivity index (χ3n) is 4.87. The highest BCUT2D eigenvalue weighted by Crippen LogP contribution is 2.15. The molecule has 1 fully saturated rings. The van der Waals surface area contributed by atoms with E-state index < -0.39 is 0 Å². The Labute approximate surface area is 147 Å². The summed E-state index contributed by atoms with van der Waals surface area (Å²) in [6.45, 7) is 13.3. The highest BCUT2D eigenvalue weighted by Gasteiger charge is 2.15. The summed E-state index contributed by atoms with van der Waals surface area (Å²) in [5, 5.41) is 3.02. The third kappa shape index (κ3) is 6.25. The first-order valence-corrected chi connectivity index (χ1v) is 9.44. The van der Waals surface area contributed by atoms with Crippen molar-refractivity contribution >= 4 is 11.6 Å². The summed E-state index contributed by atoms with van der Waals surface area (Å²) in [5.74, 6) is 0.579.